The molecule has 0 saturated carbocycles. The van der Waals surface area contributed by atoms with Crippen molar-refractivity contribution >= 4 is 29.5 Å². The highest BCUT2D eigenvalue weighted by Crippen LogP contribution is 2.31. The van der Waals surface area contributed by atoms with E-state index in [0.717, 1.165) is 56.6 Å². The molecule has 0 atom stereocenters. The van der Waals surface area contributed by atoms with Crippen LogP contribution >= 0.6 is 11.8 Å². The molecule has 0 bridgehead atoms. The predicted octanol–water partition coefficient (Wildman–Crippen LogP) is 4.04. The summed E-state index contributed by atoms with van der Waals surface area (Å²) in [5.74, 6) is 2.85. The molecule has 31 heavy (non-hydrogen) atoms. The first kappa shape index (κ1) is 21.5. The highest BCUT2D eigenvalue weighted by atomic mass is 32.2. The van der Waals surface area contributed by atoms with Crippen LogP contribution in [0.5, 0.6) is 0 Å². The Kier molecular flexibility index (Phi) is 6.99. The molecule has 7 nitrogen and oxygen atoms in total. The van der Waals surface area contributed by atoms with Gasteiger partial charge in [0.15, 0.2) is 0 Å². The van der Waals surface area contributed by atoms with Crippen molar-refractivity contribution in [1.82, 2.24) is 24.8 Å². The molecule has 0 radical (unpaired) electrons. The second-order valence-electron chi connectivity index (χ2n) is 7.59. The Morgan fingerprint density at radius 2 is 1.74 bits per heavy atom. The van der Waals surface area contributed by atoms with E-state index in [9.17, 15) is 0 Å². The Morgan fingerprint density at radius 3 is 2.45 bits per heavy atom. The van der Waals surface area contributed by atoms with Crippen molar-refractivity contribution < 1.29 is 0 Å². The lowest BCUT2D eigenvalue weighted by atomic mass is 10.2. The second-order valence-corrected chi connectivity index (χ2v) is 8.71. The Hall–Kier alpha value is -2.71. The molecule has 1 aliphatic heterocycles. The van der Waals surface area contributed by atoms with Gasteiger partial charge in [0.1, 0.15) is 11.6 Å². The van der Waals surface area contributed by atoms with Crippen molar-refractivity contribution in [3.05, 3.63) is 54.0 Å². The lowest BCUT2D eigenvalue weighted by Gasteiger charge is -2.32. The van der Waals surface area contributed by atoms with E-state index in [0.29, 0.717) is 5.95 Å². The maximum absolute atomic E-state index is 4.70. The zero-order chi connectivity index (χ0) is 21.6. The summed E-state index contributed by atoms with van der Waals surface area (Å²) in [4.78, 5) is 25.5. The van der Waals surface area contributed by atoms with Crippen molar-refractivity contribution in [2.75, 3.05) is 43.4 Å². The van der Waals surface area contributed by atoms with Crippen LogP contribution in [0.25, 0.3) is 0 Å². The number of rotatable bonds is 7. The van der Waals surface area contributed by atoms with Gasteiger partial charge in [-0.2, -0.15) is 15.0 Å². The monoisotopic (exact) mass is 435 g/mol. The van der Waals surface area contributed by atoms with Crippen LogP contribution in [-0.2, 0) is 12.8 Å². The largest absolute Gasteiger partial charge is 0.338 e. The van der Waals surface area contributed by atoms with Gasteiger partial charge < -0.3 is 15.1 Å². The predicted molar refractivity (Wildman–Crippen MR) is 126 cm³/mol. The average Bonchev–Trinajstić information content (AvgIpc) is 2.81. The minimum Gasteiger partial charge on any atom is -0.338 e. The van der Waals surface area contributed by atoms with E-state index in [1.807, 2.05) is 12.3 Å². The highest BCUT2D eigenvalue weighted by Gasteiger charge is 2.18. The molecule has 8 heteroatoms. The van der Waals surface area contributed by atoms with Crippen LogP contribution in [-0.4, -0.2) is 58.1 Å². The summed E-state index contributed by atoms with van der Waals surface area (Å²) in [5, 5.41) is 3.31. The number of nitrogens with zero attached hydrogens (tertiary/aromatic N) is 6. The summed E-state index contributed by atoms with van der Waals surface area (Å²) in [6.45, 7) is 8.10. The number of aromatic nitrogens is 4. The number of hydrogen-bond donors (Lipinski definition) is 1. The van der Waals surface area contributed by atoms with E-state index in [-0.39, 0.29) is 0 Å². The minimum absolute atomic E-state index is 0.554. The highest BCUT2D eigenvalue weighted by molar-refractivity contribution is 7.99. The third kappa shape index (κ3) is 5.51. The van der Waals surface area contributed by atoms with E-state index in [1.165, 1.54) is 15.4 Å². The Morgan fingerprint density at radius 1 is 0.968 bits per heavy atom. The summed E-state index contributed by atoms with van der Waals surface area (Å²) < 4.78 is 0. The van der Waals surface area contributed by atoms with E-state index >= 15 is 0 Å². The smallest absolute Gasteiger partial charge is 0.233 e. The van der Waals surface area contributed by atoms with Crippen LogP contribution in [0.15, 0.2) is 52.4 Å². The number of nitrogens with one attached hydrogen (secondary N) is 1. The lowest BCUT2D eigenvalue weighted by Crippen LogP contribution is -2.45. The SMILES string of the molecule is CCc1nc(Nc2cc(CC)c(Sc3ccccc3)cn2)nc(N2CCN(C)CC2)n1. The van der Waals surface area contributed by atoms with Gasteiger partial charge in [0.2, 0.25) is 11.9 Å². The first-order chi connectivity index (χ1) is 15.1. The van der Waals surface area contributed by atoms with Gasteiger partial charge in [0.25, 0.3) is 0 Å². The molecule has 3 aromatic rings. The molecule has 1 saturated heterocycles. The van der Waals surface area contributed by atoms with E-state index in [1.54, 1.807) is 11.8 Å². The van der Waals surface area contributed by atoms with E-state index in [2.05, 4.69) is 81.3 Å². The number of anilines is 3. The van der Waals surface area contributed by atoms with Gasteiger partial charge in [-0.05, 0) is 37.2 Å². The fourth-order valence-corrected chi connectivity index (χ4v) is 4.41. The van der Waals surface area contributed by atoms with Crippen LogP contribution in [0.1, 0.15) is 25.2 Å². The number of piperazine rings is 1. The Bertz CT molecular complexity index is 1000. The molecule has 0 unspecified atom stereocenters. The number of benzene rings is 1. The number of likely N-dealkylation sites (N-methyl/N-ethyl adjacent to an activating group) is 1. The third-order valence-electron chi connectivity index (χ3n) is 5.31. The molecule has 1 fully saturated rings. The molecule has 0 spiro atoms. The minimum atomic E-state index is 0.554. The van der Waals surface area contributed by atoms with Crippen molar-refractivity contribution in [1.29, 1.82) is 0 Å². The van der Waals surface area contributed by atoms with Crippen molar-refractivity contribution in [3.63, 3.8) is 0 Å². The topological polar surface area (TPSA) is 70.1 Å². The number of hydrogen-bond acceptors (Lipinski definition) is 8. The second kappa shape index (κ2) is 10.1. The quantitative estimate of drug-likeness (QED) is 0.596. The molecule has 1 aromatic carbocycles. The molecule has 1 N–H and O–H groups in total. The van der Waals surface area contributed by atoms with Crippen molar-refractivity contribution in [2.45, 2.75) is 36.5 Å². The first-order valence-electron chi connectivity index (χ1n) is 10.8. The maximum atomic E-state index is 4.70. The summed E-state index contributed by atoms with van der Waals surface area (Å²) in [7, 11) is 2.14. The van der Waals surface area contributed by atoms with Crippen molar-refractivity contribution in [2.24, 2.45) is 0 Å². The summed E-state index contributed by atoms with van der Waals surface area (Å²) in [6.07, 6.45) is 3.62. The van der Waals surface area contributed by atoms with Gasteiger partial charge in [-0.15, -0.1) is 0 Å². The Labute approximate surface area is 188 Å². The van der Waals surface area contributed by atoms with E-state index in [4.69, 9.17) is 4.98 Å². The van der Waals surface area contributed by atoms with Gasteiger partial charge in [-0.1, -0.05) is 43.8 Å². The van der Waals surface area contributed by atoms with Gasteiger partial charge in [0.05, 0.1) is 0 Å². The molecule has 3 heterocycles. The standard InChI is InChI=1S/C23H29N7S/c1-4-17-15-21(24-16-19(17)31-18-9-7-6-8-10-18)26-22-25-20(5-2)27-23(28-22)30-13-11-29(3)12-14-30/h6-10,15-16H,4-5,11-14H2,1-3H3,(H,24,25,26,27,28). The Balaban J connectivity index is 1.54. The summed E-state index contributed by atoms with van der Waals surface area (Å²) in [5.41, 5.74) is 1.25. The maximum Gasteiger partial charge on any atom is 0.233 e. The molecule has 0 aliphatic carbocycles. The van der Waals surface area contributed by atoms with Gasteiger partial charge in [-0.25, -0.2) is 4.98 Å². The average molecular weight is 436 g/mol. The fourth-order valence-electron chi connectivity index (χ4n) is 3.42. The number of aryl methyl sites for hydroxylation is 2. The first-order valence-corrected chi connectivity index (χ1v) is 11.6. The summed E-state index contributed by atoms with van der Waals surface area (Å²) in [6, 6.07) is 12.5. The molecule has 2 aromatic heterocycles. The normalized spacial score (nSPS) is 14.6. The number of pyridine rings is 1. The van der Waals surface area contributed by atoms with Gasteiger partial charge in [0, 0.05) is 48.6 Å². The van der Waals surface area contributed by atoms with Crippen molar-refractivity contribution in [3.8, 4) is 0 Å². The van der Waals surface area contributed by atoms with E-state index < -0.39 is 0 Å². The van der Waals surface area contributed by atoms with Gasteiger partial charge >= 0.3 is 0 Å². The van der Waals surface area contributed by atoms with Crippen LogP contribution < -0.4 is 10.2 Å². The zero-order valence-corrected chi connectivity index (χ0v) is 19.2. The molecule has 4 rings (SSSR count). The molecular weight excluding hydrogens is 406 g/mol. The van der Waals surface area contributed by atoms with Crippen LogP contribution in [0.3, 0.4) is 0 Å². The third-order valence-corrected chi connectivity index (χ3v) is 6.41. The van der Waals surface area contributed by atoms with Crippen LogP contribution in [0, 0.1) is 0 Å². The lowest BCUT2D eigenvalue weighted by molar-refractivity contribution is 0.311. The van der Waals surface area contributed by atoms with Crippen LogP contribution in [0.4, 0.5) is 17.7 Å². The zero-order valence-electron chi connectivity index (χ0n) is 18.4. The molecule has 162 valence electrons. The molecule has 1 aliphatic rings. The van der Waals surface area contributed by atoms with Gasteiger partial charge in [-0.3, -0.25) is 0 Å². The molecule has 0 amide bonds. The molecular formula is C23H29N7S. The summed E-state index contributed by atoms with van der Waals surface area (Å²) >= 11 is 1.74. The fraction of sp³-hybridized carbons (Fsp3) is 0.391. The van der Waals surface area contributed by atoms with Crippen LogP contribution in [0.2, 0.25) is 0 Å².